The molecule has 0 atom stereocenters. The van der Waals surface area contributed by atoms with Crippen LogP contribution in [0, 0.1) is 0 Å². The Hall–Kier alpha value is -3.28. The molecular formula is C21H24N2O4. The van der Waals surface area contributed by atoms with Crippen LogP contribution in [0.5, 0.6) is 11.5 Å². The average Bonchev–Trinajstić information content (AvgIpc) is 2.66. The summed E-state index contributed by atoms with van der Waals surface area (Å²) in [5.74, 6) is 0.970. The van der Waals surface area contributed by atoms with Crippen LogP contribution in [0.25, 0.3) is 6.08 Å². The van der Waals surface area contributed by atoms with Crippen LogP contribution in [0.15, 0.2) is 48.5 Å². The molecule has 27 heavy (non-hydrogen) atoms. The maximum Gasteiger partial charge on any atom is 0.248 e. The lowest BCUT2D eigenvalue weighted by Crippen LogP contribution is -2.23. The predicted molar refractivity (Wildman–Crippen MR) is 106 cm³/mol. The molecule has 1 N–H and O–H groups in total. The van der Waals surface area contributed by atoms with Crippen LogP contribution in [0.2, 0.25) is 0 Å². The number of benzene rings is 2. The van der Waals surface area contributed by atoms with Crippen molar-refractivity contribution >= 4 is 23.6 Å². The van der Waals surface area contributed by atoms with Crippen molar-refractivity contribution in [2.45, 2.75) is 13.5 Å². The van der Waals surface area contributed by atoms with Gasteiger partial charge in [-0.2, -0.15) is 0 Å². The highest BCUT2D eigenvalue weighted by molar-refractivity contribution is 6.02. The summed E-state index contributed by atoms with van der Waals surface area (Å²) in [6, 6.07) is 12.8. The Morgan fingerprint density at radius 3 is 2.48 bits per heavy atom. The van der Waals surface area contributed by atoms with Crippen molar-refractivity contribution in [3.63, 3.8) is 0 Å². The number of methoxy groups -OCH3 is 2. The first-order chi connectivity index (χ1) is 12.9. The molecule has 0 spiro atoms. The minimum absolute atomic E-state index is 0.0118. The highest BCUT2D eigenvalue weighted by Gasteiger charge is 2.06. The fraction of sp³-hybridized carbons (Fsp3) is 0.238. The zero-order chi connectivity index (χ0) is 19.8. The van der Waals surface area contributed by atoms with E-state index in [1.807, 2.05) is 24.3 Å². The van der Waals surface area contributed by atoms with Crippen molar-refractivity contribution in [1.82, 2.24) is 4.90 Å². The van der Waals surface area contributed by atoms with Crippen LogP contribution in [-0.2, 0) is 16.1 Å². The van der Waals surface area contributed by atoms with Crippen molar-refractivity contribution in [3.8, 4) is 11.5 Å². The van der Waals surface area contributed by atoms with E-state index in [0.717, 1.165) is 11.1 Å². The molecule has 0 aliphatic rings. The smallest absolute Gasteiger partial charge is 0.248 e. The van der Waals surface area contributed by atoms with E-state index in [2.05, 4.69) is 5.32 Å². The van der Waals surface area contributed by atoms with Crippen LogP contribution < -0.4 is 14.8 Å². The molecule has 0 fully saturated rings. The third-order valence-corrected chi connectivity index (χ3v) is 3.99. The quantitative estimate of drug-likeness (QED) is 0.761. The summed E-state index contributed by atoms with van der Waals surface area (Å²) in [5.41, 5.74) is 2.43. The molecule has 2 aromatic rings. The van der Waals surface area contributed by atoms with Gasteiger partial charge in [0.1, 0.15) is 0 Å². The summed E-state index contributed by atoms with van der Waals surface area (Å²) in [6.45, 7) is 2.01. The van der Waals surface area contributed by atoms with Gasteiger partial charge in [0, 0.05) is 32.3 Å². The highest BCUT2D eigenvalue weighted by atomic mass is 16.5. The summed E-state index contributed by atoms with van der Waals surface area (Å²) in [4.78, 5) is 25.1. The van der Waals surface area contributed by atoms with E-state index in [4.69, 9.17) is 9.47 Å². The minimum Gasteiger partial charge on any atom is -0.493 e. The molecule has 0 bridgehead atoms. The largest absolute Gasteiger partial charge is 0.493 e. The van der Waals surface area contributed by atoms with E-state index >= 15 is 0 Å². The highest BCUT2D eigenvalue weighted by Crippen LogP contribution is 2.28. The van der Waals surface area contributed by atoms with Gasteiger partial charge in [0.15, 0.2) is 11.5 Å². The number of carbonyl (C=O) groups excluding carboxylic acids is 2. The number of hydrogen-bond acceptors (Lipinski definition) is 4. The van der Waals surface area contributed by atoms with Crippen LogP contribution >= 0.6 is 0 Å². The molecule has 2 aromatic carbocycles. The van der Waals surface area contributed by atoms with Crippen molar-refractivity contribution in [2.24, 2.45) is 0 Å². The molecular weight excluding hydrogens is 344 g/mol. The van der Waals surface area contributed by atoms with E-state index < -0.39 is 0 Å². The van der Waals surface area contributed by atoms with Gasteiger partial charge in [0.05, 0.1) is 14.2 Å². The van der Waals surface area contributed by atoms with E-state index in [0.29, 0.717) is 23.7 Å². The first-order valence-electron chi connectivity index (χ1n) is 8.44. The average molecular weight is 368 g/mol. The summed E-state index contributed by atoms with van der Waals surface area (Å²) < 4.78 is 10.4. The summed E-state index contributed by atoms with van der Waals surface area (Å²) in [7, 11) is 4.87. The van der Waals surface area contributed by atoms with E-state index in [1.165, 1.54) is 13.0 Å². The van der Waals surface area contributed by atoms with Crippen LogP contribution in [0.3, 0.4) is 0 Å². The lowest BCUT2D eigenvalue weighted by atomic mass is 10.1. The van der Waals surface area contributed by atoms with Gasteiger partial charge in [-0.3, -0.25) is 9.59 Å². The van der Waals surface area contributed by atoms with Crippen molar-refractivity contribution in [1.29, 1.82) is 0 Å². The Balaban J connectivity index is 2.03. The topological polar surface area (TPSA) is 67.9 Å². The number of nitrogens with one attached hydrogen (secondary N) is 1. The second-order valence-electron chi connectivity index (χ2n) is 6.01. The molecule has 142 valence electrons. The fourth-order valence-corrected chi connectivity index (χ4v) is 2.44. The van der Waals surface area contributed by atoms with Gasteiger partial charge in [-0.1, -0.05) is 18.2 Å². The molecule has 2 rings (SSSR count). The molecule has 2 amide bonds. The SMILES string of the molecule is COc1ccc(/C=C/C(=O)Nc2cccc(CN(C)C(C)=O)c2)cc1OC. The molecule has 6 nitrogen and oxygen atoms in total. The standard InChI is InChI=1S/C21H24N2O4/c1-15(24)23(2)14-17-6-5-7-18(12-17)22-21(25)11-9-16-8-10-19(26-3)20(13-16)27-4/h5-13H,14H2,1-4H3,(H,22,25)/b11-9+. The van der Waals surface area contributed by atoms with Crippen molar-refractivity contribution < 1.29 is 19.1 Å². The Morgan fingerprint density at radius 2 is 1.81 bits per heavy atom. The van der Waals surface area contributed by atoms with Gasteiger partial charge >= 0.3 is 0 Å². The number of amides is 2. The number of carbonyl (C=O) groups is 2. The van der Waals surface area contributed by atoms with Crippen LogP contribution in [-0.4, -0.2) is 38.0 Å². The zero-order valence-corrected chi connectivity index (χ0v) is 16.0. The Bertz CT molecular complexity index is 846. The number of hydrogen-bond donors (Lipinski definition) is 1. The molecule has 6 heteroatoms. The third-order valence-electron chi connectivity index (χ3n) is 3.99. The number of ether oxygens (including phenoxy) is 2. The molecule has 0 aliphatic carbocycles. The summed E-state index contributed by atoms with van der Waals surface area (Å²) >= 11 is 0. The normalized spacial score (nSPS) is 10.5. The van der Waals surface area contributed by atoms with Gasteiger partial charge in [0.2, 0.25) is 11.8 Å². The molecule has 0 saturated carbocycles. The van der Waals surface area contributed by atoms with E-state index in [1.54, 1.807) is 50.4 Å². The van der Waals surface area contributed by atoms with Crippen molar-refractivity contribution in [3.05, 3.63) is 59.7 Å². The molecule has 0 aromatic heterocycles. The van der Waals surface area contributed by atoms with Gasteiger partial charge in [-0.05, 0) is 41.5 Å². The second kappa shape index (κ2) is 9.43. The number of nitrogens with zero attached hydrogens (tertiary/aromatic N) is 1. The first kappa shape index (κ1) is 20.0. The van der Waals surface area contributed by atoms with Crippen LogP contribution in [0.4, 0.5) is 5.69 Å². The maximum absolute atomic E-state index is 12.2. The second-order valence-corrected chi connectivity index (χ2v) is 6.01. The maximum atomic E-state index is 12.2. The van der Waals surface area contributed by atoms with Gasteiger partial charge < -0.3 is 19.7 Å². The van der Waals surface area contributed by atoms with Crippen LogP contribution in [0.1, 0.15) is 18.1 Å². The lowest BCUT2D eigenvalue weighted by Gasteiger charge is -2.15. The Morgan fingerprint density at radius 1 is 1.07 bits per heavy atom. The molecule has 0 heterocycles. The van der Waals surface area contributed by atoms with E-state index in [9.17, 15) is 9.59 Å². The van der Waals surface area contributed by atoms with E-state index in [-0.39, 0.29) is 11.8 Å². The minimum atomic E-state index is -0.248. The zero-order valence-electron chi connectivity index (χ0n) is 16.0. The third kappa shape index (κ3) is 5.88. The number of rotatable bonds is 7. The lowest BCUT2D eigenvalue weighted by molar-refractivity contribution is -0.128. The van der Waals surface area contributed by atoms with Gasteiger partial charge in [0.25, 0.3) is 0 Å². The molecule has 0 radical (unpaired) electrons. The summed E-state index contributed by atoms with van der Waals surface area (Å²) in [6.07, 6.45) is 3.15. The predicted octanol–water partition coefficient (Wildman–Crippen LogP) is 3.33. The Labute approximate surface area is 159 Å². The summed E-state index contributed by atoms with van der Waals surface area (Å²) in [5, 5.41) is 2.82. The monoisotopic (exact) mass is 368 g/mol. The molecule has 0 aliphatic heterocycles. The van der Waals surface area contributed by atoms with Gasteiger partial charge in [-0.15, -0.1) is 0 Å². The van der Waals surface area contributed by atoms with Crippen molar-refractivity contribution in [2.75, 3.05) is 26.6 Å². The fourth-order valence-electron chi connectivity index (χ4n) is 2.44. The number of anilines is 1. The van der Waals surface area contributed by atoms with Gasteiger partial charge in [-0.25, -0.2) is 0 Å². The molecule has 0 saturated heterocycles. The molecule has 0 unspecified atom stereocenters. The first-order valence-corrected chi connectivity index (χ1v) is 8.44. The Kier molecular flexibility index (Phi) is 7.00.